The molecule has 0 spiro atoms. The number of hydrogen-bond donors (Lipinski definition) is 1. The van der Waals surface area contributed by atoms with Crippen molar-refractivity contribution in [3.63, 3.8) is 0 Å². The van der Waals surface area contributed by atoms with Crippen molar-refractivity contribution in [3.8, 4) is 0 Å². The molecular weight excluding hydrogens is 260 g/mol. The average Bonchev–Trinajstić information content (AvgIpc) is 3.30. The van der Waals surface area contributed by atoms with Gasteiger partial charge in [0.1, 0.15) is 0 Å². The van der Waals surface area contributed by atoms with Crippen molar-refractivity contribution in [2.75, 3.05) is 31.1 Å². The molecule has 1 aliphatic heterocycles. The van der Waals surface area contributed by atoms with Gasteiger partial charge in [-0.1, -0.05) is 0 Å². The van der Waals surface area contributed by atoms with Gasteiger partial charge in [-0.15, -0.1) is 0 Å². The molecule has 1 aromatic heterocycles. The Kier molecular flexibility index (Phi) is 3.79. The van der Waals surface area contributed by atoms with Gasteiger partial charge < -0.3 is 25.1 Å². The van der Waals surface area contributed by atoms with Crippen molar-refractivity contribution in [2.45, 2.75) is 25.0 Å². The summed E-state index contributed by atoms with van der Waals surface area (Å²) < 4.78 is 5.74. The van der Waals surface area contributed by atoms with E-state index in [4.69, 9.17) is 4.74 Å². The summed E-state index contributed by atoms with van der Waals surface area (Å²) in [5.74, 6) is -0.117. The highest BCUT2D eigenvalue weighted by molar-refractivity contribution is 5.47. The Balaban J connectivity index is 1.58. The van der Waals surface area contributed by atoms with Crippen LogP contribution in [0, 0.1) is 10.1 Å². The summed E-state index contributed by atoms with van der Waals surface area (Å²) in [6, 6.07) is 3.87. The minimum atomic E-state index is -0.481. The first-order valence-corrected chi connectivity index (χ1v) is 6.93. The zero-order chi connectivity index (χ0) is 13.9. The SMILES string of the molecule is O=[N+]([O-])c1ccc(N2CCO[C@H](CNC3CC3)C2)cn1. The molecule has 2 fully saturated rings. The molecule has 108 valence electrons. The van der Waals surface area contributed by atoms with Crippen LogP contribution in [0.5, 0.6) is 0 Å². The van der Waals surface area contributed by atoms with Gasteiger partial charge in [-0.05, 0) is 28.8 Å². The van der Waals surface area contributed by atoms with Gasteiger partial charge in [-0.3, -0.25) is 0 Å². The lowest BCUT2D eigenvalue weighted by Crippen LogP contribution is -2.47. The van der Waals surface area contributed by atoms with Crippen LogP contribution in [0.15, 0.2) is 18.3 Å². The zero-order valence-corrected chi connectivity index (χ0v) is 11.2. The standard InChI is InChI=1S/C13H18N4O3/c18-17(19)13-4-3-11(7-15-13)16-5-6-20-12(9-16)8-14-10-1-2-10/h3-4,7,10,12,14H,1-2,5-6,8-9H2/t12-/m1/s1. The maximum Gasteiger partial charge on any atom is 0.363 e. The molecule has 1 saturated carbocycles. The molecule has 0 bridgehead atoms. The summed E-state index contributed by atoms with van der Waals surface area (Å²) in [6.07, 6.45) is 4.26. The van der Waals surface area contributed by atoms with E-state index >= 15 is 0 Å². The fraction of sp³-hybridized carbons (Fsp3) is 0.615. The van der Waals surface area contributed by atoms with Crippen LogP contribution in [0.4, 0.5) is 11.5 Å². The normalized spacial score (nSPS) is 22.8. The third-order valence-electron chi connectivity index (χ3n) is 3.63. The second-order valence-electron chi connectivity index (χ2n) is 5.25. The first-order chi connectivity index (χ1) is 9.72. The molecule has 1 atom stereocenters. The number of nitrogens with zero attached hydrogens (tertiary/aromatic N) is 3. The summed E-state index contributed by atoms with van der Waals surface area (Å²) in [5.41, 5.74) is 0.912. The Morgan fingerprint density at radius 2 is 2.35 bits per heavy atom. The van der Waals surface area contributed by atoms with E-state index in [-0.39, 0.29) is 11.9 Å². The van der Waals surface area contributed by atoms with Crippen LogP contribution < -0.4 is 10.2 Å². The van der Waals surface area contributed by atoms with Crippen LogP contribution in [0.3, 0.4) is 0 Å². The lowest BCUT2D eigenvalue weighted by molar-refractivity contribution is -0.389. The fourth-order valence-corrected chi connectivity index (χ4v) is 2.34. The zero-order valence-electron chi connectivity index (χ0n) is 11.2. The molecule has 1 aromatic rings. The van der Waals surface area contributed by atoms with Crippen molar-refractivity contribution < 1.29 is 9.66 Å². The lowest BCUT2D eigenvalue weighted by Gasteiger charge is -2.34. The molecule has 3 rings (SSSR count). The second kappa shape index (κ2) is 5.72. The van der Waals surface area contributed by atoms with E-state index in [2.05, 4.69) is 15.2 Å². The summed E-state index contributed by atoms with van der Waals surface area (Å²) in [4.78, 5) is 16.1. The average molecular weight is 278 g/mol. The molecule has 0 unspecified atom stereocenters. The number of nitrogens with one attached hydrogen (secondary N) is 1. The molecule has 7 nitrogen and oxygen atoms in total. The number of morpholine rings is 1. The minimum Gasteiger partial charge on any atom is -0.373 e. The minimum absolute atomic E-state index is 0.117. The molecule has 1 N–H and O–H groups in total. The highest BCUT2D eigenvalue weighted by atomic mass is 16.6. The molecule has 0 aromatic carbocycles. The Hall–Kier alpha value is -1.73. The van der Waals surface area contributed by atoms with Crippen molar-refractivity contribution in [2.24, 2.45) is 0 Å². The molecule has 2 aliphatic rings. The molecule has 1 aliphatic carbocycles. The smallest absolute Gasteiger partial charge is 0.363 e. The predicted octanol–water partition coefficient (Wildman–Crippen LogP) is 0.947. The van der Waals surface area contributed by atoms with Crippen molar-refractivity contribution in [3.05, 3.63) is 28.4 Å². The number of ether oxygens (including phenoxy) is 1. The quantitative estimate of drug-likeness (QED) is 0.638. The summed E-state index contributed by atoms with van der Waals surface area (Å²) in [5, 5.41) is 14.1. The van der Waals surface area contributed by atoms with Gasteiger partial charge in [0.2, 0.25) is 0 Å². The van der Waals surface area contributed by atoms with E-state index in [0.29, 0.717) is 12.6 Å². The van der Waals surface area contributed by atoms with Crippen molar-refractivity contribution in [1.82, 2.24) is 10.3 Å². The largest absolute Gasteiger partial charge is 0.373 e. The van der Waals surface area contributed by atoms with Crippen LogP contribution in [0.1, 0.15) is 12.8 Å². The summed E-state index contributed by atoms with van der Waals surface area (Å²) >= 11 is 0. The van der Waals surface area contributed by atoms with E-state index < -0.39 is 4.92 Å². The van der Waals surface area contributed by atoms with E-state index in [1.807, 2.05) is 0 Å². The monoisotopic (exact) mass is 278 g/mol. The van der Waals surface area contributed by atoms with E-state index in [1.165, 1.54) is 18.9 Å². The van der Waals surface area contributed by atoms with Crippen molar-refractivity contribution >= 4 is 11.5 Å². The number of rotatable bonds is 5. The van der Waals surface area contributed by atoms with Crippen LogP contribution in [0.2, 0.25) is 0 Å². The molecule has 7 heteroatoms. The van der Waals surface area contributed by atoms with Gasteiger partial charge in [-0.2, -0.15) is 0 Å². The van der Waals surface area contributed by atoms with Crippen LogP contribution >= 0.6 is 0 Å². The topological polar surface area (TPSA) is 80.5 Å². The first kappa shape index (κ1) is 13.3. The first-order valence-electron chi connectivity index (χ1n) is 6.93. The Labute approximate surface area is 117 Å². The highest BCUT2D eigenvalue weighted by Crippen LogP contribution is 2.21. The molecule has 1 saturated heterocycles. The number of hydrogen-bond acceptors (Lipinski definition) is 6. The van der Waals surface area contributed by atoms with Gasteiger partial charge in [0.05, 0.1) is 18.4 Å². The van der Waals surface area contributed by atoms with E-state index in [1.54, 1.807) is 12.3 Å². The third kappa shape index (κ3) is 3.23. The lowest BCUT2D eigenvalue weighted by atomic mass is 10.2. The third-order valence-corrected chi connectivity index (χ3v) is 3.63. The highest BCUT2D eigenvalue weighted by Gasteiger charge is 2.25. The van der Waals surface area contributed by atoms with Gasteiger partial charge >= 0.3 is 5.82 Å². The molecule has 0 amide bonds. The van der Waals surface area contributed by atoms with Gasteiger partial charge in [0, 0.05) is 31.7 Å². The van der Waals surface area contributed by atoms with Gasteiger partial charge in [0.25, 0.3) is 0 Å². The number of pyridine rings is 1. The Morgan fingerprint density at radius 1 is 1.50 bits per heavy atom. The maximum absolute atomic E-state index is 10.6. The van der Waals surface area contributed by atoms with E-state index in [9.17, 15) is 10.1 Å². The molecular formula is C13H18N4O3. The maximum atomic E-state index is 10.6. The van der Waals surface area contributed by atoms with Crippen LogP contribution in [0.25, 0.3) is 0 Å². The van der Waals surface area contributed by atoms with Crippen LogP contribution in [-0.4, -0.2) is 48.3 Å². The van der Waals surface area contributed by atoms with Gasteiger partial charge in [-0.25, -0.2) is 0 Å². The summed E-state index contributed by atoms with van der Waals surface area (Å²) in [6.45, 7) is 3.12. The summed E-state index contributed by atoms with van der Waals surface area (Å²) in [7, 11) is 0. The number of nitro groups is 1. The van der Waals surface area contributed by atoms with E-state index in [0.717, 1.165) is 25.3 Å². The number of aromatic nitrogens is 1. The number of anilines is 1. The van der Waals surface area contributed by atoms with Crippen LogP contribution in [-0.2, 0) is 4.74 Å². The Bertz CT molecular complexity index is 475. The molecule has 0 radical (unpaired) electrons. The molecule has 20 heavy (non-hydrogen) atoms. The molecule has 2 heterocycles. The fourth-order valence-electron chi connectivity index (χ4n) is 2.34. The van der Waals surface area contributed by atoms with Gasteiger partial charge in [0.15, 0.2) is 6.20 Å². The Morgan fingerprint density at radius 3 is 3.00 bits per heavy atom. The predicted molar refractivity (Wildman–Crippen MR) is 73.9 cm³/mol. The second-order valence-corrected chi connectivity index (χ2v) is 5.25. The van der Waals surface area contributed by atoms with Crippen molar-refractivity contribution in [1.29, 1.82) is 0 Å².